The van der Waals surface area contributed by atoms with Gasteiger partial charge in [0.05, 0.1) is 12.6 Å². The highest BCUT2D eigenvalue weighted by Crippen LogP contribution is 2.39. The summed E-state index contributed by atoms with van der Waals surface area (Å²) in [6, 6.07) is 14.2. The molecule has 0 saturated heterocycles. The average Bonchev–Trinajstić information content (AvgIpc) is 2.89. The first-order valence-corrected chi connectivity index (χ1v) is 11.0. The Morgan fingerprint density at radius 1 is 1.20 bits per heavy atom. The van der Waals surface area contributed by atoms with E-state index in [0.717, 1.165) is 36.3 Å². The van der Waals surface area contributed by atoms with Crippen molar-refractivity contribution in [2.75, 3.05) is 5.32 Å². The Labute approximate surface area is 178 Å². The van der Waals surface area contributed by atoms with Gasteiger partial charge in [-0.25, -0.2) is 0 Å². The minimum atomic E-state index is -0.489. The molecule has 0 saturated carbocycles. The highest BCUT2D eigenvalue weighted by atomic mass is 16.5. The fraction of sp³-hybridized carbons (Fsp3) is 0.440. The van der Waals surface area contributed by atoms with Gasteiger partial charge in [0.1, 0.15) is 5.75 Å². The van der Waals surface area contributed by atoms with Crippen LogP contribution in [0.15, 0.2) is 42.5 Å². The van der Waals surface area contributed by atoms with Gasteiger partial charge < -0.3 is 15.0 Å². The number of amides is 2. The maximum atomic E-state index is 13.4. The topological polar surface area (TPSA) is 58.6 Å². The number of fused-ring (bicyclic) bond motifs is 2. The minimum Gasteiger partial charge on any atom is -0.480 e. The average molecular weight is 407 g/mol. The van der Waals surface area contributed by atoms with Crippen LogP contribution in [0.25, 0.3) is 0 Å². The molecule has 0 aromatic heterocycles. The Hall–Kier alpha value is -2.82. The number of nitrogens with one attached hydrogen (secondary N) is 1. The number of hydrogen-bond acceptors (Lipinski definition) is 3. The van der Waals surface area contributed by atoms with E-state index in [2.05, 4.69) is 29.6 Å². The van der Waals surface area contributed by atoms with Crippen LogP contribution in [0.5, 0.6) is 5.75 Å². The Morgan fingerprint density at radius 3 is 2.77 bits per heavy atom. The van der Waals surface area contributed by atoms with Crippen molar-refractivity contribution in [1.82, 2.24) is 4.90 Å². The molecular formula is C25H30N2O3. The Balaban J connectivity index is 1.70. The molecule has 1 aliphatic heterocycles. The summed E-state index contributed by atoms with van der Waals surface area (Å²) in [7, 11) is 0. The van der Waals surface area contributed by atoms with Gasteiger partial charge in [0, 0.05) is 17.2 Å². The molecule has 2 aromatic rings. The number of benzene rings is 2. The molecule has 2 aliphatic rings. The second kappa shape index (κ2) is 8.50. The summed E-state index contributed by atoms with van der Waals surface area (Å²) in [5.41, 5.74) is 4.25. The Bertz CT molecular complexity index is 953. The molecule has 2 atom stereocenters. The number of carbonyl (C=O) groups is 2. The van der Waals surface area contributed by atoms with Crippen LogP contribution in [0.1, 0.15) is 62.8 Å². The molecule has 2 aromatic carbocycles. The Kier molecular flexibility index (Phi) is 5.80. The smallest absolute Gasteiger partial charge is 0.264 e. The van der Waals surface area contributed by atoms with Crippen LogP contribution in [0.2, 0.25) is 0 Å². The molecule has 30 heavy (non-hydrogen) atoms. The summed E-state index contributed by atoms with van der Waals surface area (Å²) in [4.78, 5) is 27.6. The first kappa shape index (κ1) is 20.5. The van der Waals surface area contributed by atoms with Gasteiger partial charge in [0.15, 0.2) is 6.10 Å². The van der Waals surface area contributed by atoms with Crippen LogP contribution in [0, 0.1) is 5.92 Å². The van der Waals surface area contributed by atoms with Crippen molar-refractivity contribution in [2.24, 2.45) is 5.92 Å². The third-order valence-electron chi connectivity index (χ3n) is 6.11. The molecule has 0 unspecified atom stereocenters. The van der Waals surface area contributed by atoms with E-state index in [1.807, 2.05) is 43.9 Å². The Morgan fingerprint density at radius 2 is 2.00 bits per heavy atom. The quantitative estimate of drug-likeness (QED) is 0.789. The first-order chi connectivity index (χ1) is 14.5. The second-order valence-corrected chi connectivity index (χ2v) is 8.55. The number of carbonyl (C=O) groups excluding carboxylic acids is 2. The van der Waals surface area contributed by atoms with Crippen molar-refractivity contribution in [3.8, 4) is 5.75 Å². The van der Waals surface area contributed by atoms with Crippen molar-refractivity contribution in [1.29, 1.82) is 0 Å². The van der Waals surface area contributed by atoms with Crippen LogP contribution in [0.4, 0.5) is 5.69 Å². The fourth-order valence-corrected chi connectivity index (χ4v) is 4.41. The van der Waals surface area contributed by atoms with Crippen molar-refractivity contribution in [2.45, 2.75) is 65.1 Å². The van der Waals surface area contributed by atoms with E-state index in [4.69, 9.17) is 4.74 Å². The minimum absolute atomic E-state index is 0.0231. The molecule has 0 bridgehead atoms. The van der Waals surface area contributed by atoms with E-state index in [9.17, 15) is 9.59 Å². The molecule has 0 fully saturated rings. The lowest BCUT2D eigenvalue weighted by Crippen LogP contribution is -2.42. The third-order valence-corrected chi connectivity index (χ3v) is 6.11. The zero-order valence-corrected chi connectivity index (χ0v) is 18.0. The van der Waals surface area contributed by atoms with Crippen molar-refractivity contribution < 1.29 is 14.3 Å². The molecule has 0 radical (unpaired) electrons. The molecule has 4 rings (SSSR count). The van der Waals surface area contributed by atoms with Gasteiger partial charge in [-0.05, 0) is 55.0 Å². The molecule has 5 heteroatoms. The first-order valence-electron chi connectivity index (χ1n) is 11.0. The van der Waals surface area contributed by atoms with Gasteiger partial charge in [-0.2, -0.15) is 0 Å². The summed E-state index contributed by atoms with van der Waals surface area (Å²) < 4.78 is 6.13. The van der Waals surface area contributed by atoms with E-state index in [1.165, 1.54) is 11.1 Å². The van der Waals surface area contributed by atoms with Crippen LogP contribution >= 0.6 is 0 Å². The molecule has 5 nitrogen and oxygen atoms in total. The summed E-state index contributed by atoms with van der Waals surface area (Å²) in [6.45, 7) is 6.20. The molecule has 158 valence electrons. The lowest BCUT2D eigenvalue weighted by Gasteiger charge is -2.36. The van der Waals surface area contributed by atoms with Gasteiger partial charge in [-0.1, -0.05) is 45.0 Å². The van der Waals surface area contributed by atoms with Crippen LogP contribution in [0.3, 0.4) is 0 Å². The molecule has 0 spiro atoms. The molecule has 1 aliphatic carbocycles. The van der Waals surface area contributed by atoms with Gasteiger partial charge in [0.25, 0.3) is 5.91 Å². The van der Waals surface area contributed by atoms with Crippen molar-refractivity contribution >= 4 is 17.5 Å². The van der Waals surface area contributed by atoms with Gasteiger partial charge in [-0.3, -0.25) is 9.59 Å². The van der Waals surface area contributed by atoms with E-state index in [1.54, 1.807) is 0 Å². The number of ether oxygens (including phenoxy) is 1. The van der Waals surface area contributed by atoms with E-state index in [-0.39, 0.29) is 23.8 Å². The van der Waals surface area contributed by atoms with E-state index >= 15 is 0 Å². The zero-order valence-electron chi connectivity index (χ0n) is 18.0. The van der Waals surface area contributed by atoms with Gasteiger partial charge in [-0.15, -0.1) is 0 Å². The zero-order chi connectivity index (χ0) is 21.3. The monoisotopic (exact) mass is 406 g/mol. The highest BCUT2D eigenvalue weighted by Gasteiger charge is 2.36. The lowest BCUT2D eigenvalue weighted by atomic mass is 9.86. The molecule has 1 N–H and O–H groups in total. The van der Waals surface area contributed by atoms with Crippen LogP contribution in [-0.2, 0) is 22.6 Å². The van der Waals surface area contributed by atoms with E-state index < -0.39 is 6.10 Å². The summed E-state index contributed by atoms with van der Waals surface area (Å²) in [6.07, 6.45) is 3.22. The largest absolute Gasteiger partial charge is 0.480 e. The molecular weight excluding hydrogens is 376 g/mol. The number of anilines is 1. The summed E-state index contributed by atoms with van der Waals surface area (Å²) >= 11 is 0. The third kappa shape index (κ3) is 3.93. The van der Waals surface area contributed by atoms with Crippen molar-refractivity contribution in [3.63, 3.8) is 0 Å². The normalized spacial score (nSPS) is 20.8. The maximum Gasteiger partial charge on any atom is 0.264 e. The molecule has 2 amide bonds. The molecule has 1 heterocycles. The predicted octanol–water partition coefficient (Wildman–Crippen LogP) is 4.86. The SMILES string of the molecule is CC[C@@H]1Oc2ccc(NC(=O)C(C)C)cc2CN([C@@H]2CCCc3ccccc32)C1=O. The standard InChI is InChI=1S/C25H30N2O3/c1-4-22-25(29)27(21-11-7-9-17-8-5-6-10-20(17)21)15-18-14-19(12-13-23(18)30-22)26-24(28)16(2)3/h5-6,8,10,12-14,16,21-22H,4,7,9,11,15H2,1-3H3,(H,26,28)/t21-,22+/m1/s1. The number of nitrogens with zero attached hydrogens (tertiary/aromatic N) is 1. The number of rotatable bonds is 4. The maximum absolute atomic E-state index is 13.4. The van der Waals surface area contributed by atoms with Crippen molar-refractivity contribution in [3.05, 3.63) is 59.2 Å². The van der Waals surface area contributed by atoms with Gasteiger partial charge >= 0.3 is 0 Å². The lowest BCUT2D eigenvalue weighted by molar-refractivity contribution is -0.141. The number of aryl methyl sites for hydroxylation is 1. The number of hydrogen-bond donors (Lipinski definition) is 1. The fourth-order valence-electron chi connectivity index (χ4n) is 4.41. The van der Waals surface area contributed by atoms with Crippen LogP contribution < -0.4 is 10.1 Å². The second-order valence-electron chi connectivity index (χ2n) is 8.55. The summed E-state index contributed by atoms with van der Waals surface area (Å²) in [5.74, 6) is 0.652. The highest BCUT2D eigenvalue weighted by molar-refractivity contribution is 5.92. The summed E-state index contributed by atoms with van der Waals surface area (Å²) in [5, 5.41) is 2.96. The van der Waals surface area contributed by atoms with E-state index in [0.29, 0.717) is 13.0 Å². The predicted molar refractivity (Wildman–Crippen MR) is 117 cm³/mol. The van der Waals surface area contributed by atoms with Gasteiger partial charge in [0.2, 0.25) is 5.91 Å². The van der Waals surface area contributed by atoms with Crippen LogP contribution in [-0.4, -0.2) is 22.8 Å².